The van der Waals surface area contributed by atoms with E-state index in [9.17, 15) is 4.21 Å². The average Bonchev–Trinajstić information content (AvgIpc) is 2.03. The normalized spacial score (nSPS) is 26.8. The molecular weight excluding hydrogens is 172 g/mol. The molecule has 1 atom stereocenters. The first kappa shape index (κ1) is 9.99. The molecule has 4 heteroatoms. The monoisotopic (exact) mass is 190 g/mol. The van der Waals surface area contributed by atoms with Gasteiger partial charge in [-0.05, 0) is 18.8 Å². The van der Waals surface area contributed by atoms with E-state index in [0.29, 0.717) is 0 Å². The van der Waals surface area contributed by atoms with Gasteiger partial charge in [-0.2, -0.15) is 0 Å². The fourth-order valence-electron chi connectivity index (χ4n) is 1.67. The van der Waals surface area contributed by atoms with E-state index in [1.54, 1.807) is 4.31 Å². The van der Waals surface area contributed by atoms with Crippen molar-refractivity contribution in [3.05, 3.63) is 0 Å². The summed E-state index contributed by atoms with van der Waals surface area (Å²) in [5.41, 5.74) is 0. The summed E-state index contributed by atoms with van der Waals surface area (Å²) < 4.78 is 20.5. The summed E-state index contributed by atoms with van der Waals surface area (Å²) in [6, 6.07) is 0. The molecule has 12 heavy (non-hydrogen) atoms. The van der Waals surface area contributed by atoms with Crippen molar-refractivity contribution in [1.29, 1.82) is 4.78 Å². The maximum absolute atomic E-state index is 11.3. The van der Waals surface area contributed by atoms with Crippen LogP contribution in [0.2, 0.25) is 0 Å². The topological polar surface area (TPSA) is 44.2 Å². The Morgan fingerprint density at radius 1 is 1.50 bits per heavy atom. The molecule has 1 unspecified atom stereocenters. The van der Waals surface area contributed by atoms with Crippen LogP contribution in [0.25, 0.3) is 0 Å². The molecule has 1 N–H and O–H groups in total. The molecule has 1 aliphatic rings. The Hall–Kier alpha value is -0.0900. The second-order valence-electron chi connectivity index (χ2n) is 3.58. The van der Waals surface area contributed by atoms with Gasteiger partial charge in [-0.25, -0.2) is 13.3 Å². The lowest BCUT2D eigenvalue weighted by Crippen LogP contribution is -2.36. The van der Waals surface area contributed by atoms with Gasteiger partial charge in [-0.1, -0.05) is 13.3 Å². The van der Waals surface area contributed by atoms with Crippen LogP contribution in [0, 0.1) is 10.7 Å². The Morgan fingerprint density at radius 3 is 2.33 bits per heavy atom. The Kier molecular flexibility index (Phi) is 3.12. The summed E-state index contributed by atoms with van der Waals surface area (Å²) in [5.74, 6) is 0.794. The molecule has 0 aliphatic carbocycles. The molecule has 0 aromatic rings. The third-order valence-electron chi connectivity index (χ3n) is 2.64. The van der Waals surface area contributed by atoms with Crippen LogP contribution >= 0.6 is 0 Å². The van der Waals surface area contributed by atoms with Crippen LogP contribution in [0.1, 0.15) is 26.2 Å². The lowest BCUT2D eigenvalue weighted by atomic mass is 9.96. The van der Waals surface area contributed by atoms with Crippen LogP contribution in [-0.2, 0) is 9.92 Å². The van der Waals surface area contributed by atoms with Crippen LogP contribution in [0.5, 0.6) is 0 Å². The Labute approximate surface area is 75.3 Å². The van der Waals surface area contributed by atoms with Gasteiger partial charge in [0.25, 0.3) is 0 Å². The highest BCUT2D eigenvalue weighted by molar-refractivity contribution is 7.89. The molecule has 0 saturated carbocycles. The van der Waals surface area contributed by atoms with E-state index in [0.717, 1.165) is 31.8 Å². The van der Waals surface area contributed by atoms with Crippen molar-refractivity contribution in [1.82, 2.24) is 4.31 Å². The quantitative estimate of drug-likeness (QED) is 0.707. The standard InChI is InChI=1S/C8H18N2OS/c1-3-8-4-6-10(7-5-8)12(2,9)11/h8-9H,3-7H2,1-2H3. The molecule has 1 rings (SSSR count). The van der Waals surface area contributed by atoms with Gasteiger partial charge in [0.05, 0.1) is 0 Å². The number of hydrogen-bond acceptors (Lipinski definition) is 2. The van der Waals surface area contributed by atoms with Crippen LogP contribution < -0.4 is 0 Å². The van der Waals surface area contributed by atoms with E-state index in [1.807, 2.05) is 0 Å². The number of nitrogens with zero attached hydrogens (tertiary/aromatic N) is 1. The lowest BCUT2D eigenvalue weighted by Gasteiger charge is -2.30. The molecule has 0 aromatic carbocycles. The molecule has 0 aromatic heterocycles. The molecule has 72 valence electrons. The fourth-order valence-corrected chi connectivity index (χ4v) is 2.57. The van der Waals surface area contributed by atoms with Gasteiger partial charge in [-0.3, -0.25) is 0 Å². The maximum Gasteiger partial charge on any atom is 0.104 e. The molecule has 1 fully saturated rings. The predicted octanol–water partition coefficient (Wildman–Crippen LogP) is 1.70. The highest BCUT2D eigenvalue weighted by Crippen LogP contribution is 2.21. The number of rotatable bonds is 2. The van der Waals surface area contributed by atoms with E-state index in [-0.39, 0.29) is 0 Å². The van der Waals surface area contributed by atoms with Crippen molar-refractivity contribution in [3.8, 4) is 0 Å². The third kappa shape index (κ3) is 2.45. The zero-order valence-corrected chi connectivity index (χ0v) is 8.69. The van der Waals surface area contributed by atoms with E-state index in [1.165, 1.54) is 12.7 Å². The van der Waals surface area contributed by atoms with Crippen LogP contribution in [-0.4, -0.2) is 27.9 Å². The zero-order chi connectivity index (χ0) is 9.19. The minimum absolute atomic E-state index is 0.794. The highest BCUT2D eigenvalue weighted by atomic mass is 32.2. The van der Waals surface area contributed by atoms with Gasteiger partial charge in [-0.15, -0.1) is 0 Å². The summed E-state index contributed by atoms with van der Waals surface area (Å²) in [5, 5.41) is 0. The van der Waals surface area contributed by atoms with E-state index in [4.69, 9.17) is 4.78 Å². The van der Waals surface area contributed by atoms with Crippen molar-refractivity contribution >= 4 is 9.92 Å². The fraction of sp³-hybridized carbons (Fsp3) is 1.00. The van der Waals surface area contributed by atoms with Gasteiger partial charge in [0.15, 0.2) is 0 Å². The summed E-state index contributed by atoms with van der Waals surface area (Å²) in [6.07, 6.45) is 4.95. The van der Waals surface area contributed by atoms with Gasteiger partial charge in [0.2, 0.25) is 0 Å². The van der Waals surface area contributed by atoms with Crippen molar-refractivity contribution in [3.63, 3.8) is 0 Å². The summed E-state index contributed by atoms with van der Waals surface area (Å²) in [6.45, 7) is 3.89. The second kappa shape index (κ2) is 3.75. The number of nitrogens with one attached hydrogen (secondary N) is 1. The Morgan fingerprint density at radius 2 is 2.00 bits per heavy atom. The van der Waals surface area contributed by atoms with E-state index in [2.05, 4.69) is 6.92 Å². The molecule has 1 aliphatic heterocycles. The SMILES string of the molecule is CCC1CCN(S(C)(=N)=O)CC1. The molecule has 0 amide bonds. The first-order valence-electron chi connectivity index (χ1n) is 4.53. The first-order valence-corrected chi connectivity index (χ1v) is 6.45. The zero-order valence-electron chi connectivity index (χ0n) is 7.88. The van der Waals surface area contributed by atoms with Gasteiger partial charge in [0, 0.05) is 19.3 Å². The first-order chi connectivity index (χ1) is 5.54. The number of hydrogen-bond donors (Lipinski definition) is 1. The summed E-state index contributed by atoms with van der Waals surface area (Å²) in [7, 11) is -2.42. The smallest absolute Gasteiger partial charge is 0.104 e. The van der Waals surface area contributed by atoms with Crippen molar-refractivity contribution in [2.45, 2.75) is 26.2 Å². The molecule has 0 spiro atoms. The second-order valence-corrected chi connectivity index (χ2v) is 5.70. The van der Waals surface area contributed by atoms with Crippen LogP contribution in [0.15, 0.2) is 0 Å². The van der Waals surface area contributed by atoms with Gasteiger partial charge < -0.3 is 0 Å². The number of piperidine rings is 1. The Balaban J connectivity index is 2.47. The average molecular weight is 190 g/mol. The van der Waals surface area contributed by atoms with Crippen molar-refractivity contribution < 1.29 is 4.21 Å². The van der Waals surface area contributed by atoms with Gasteiger partial charge >= 0.3 is 0 Å². The van der Waals surface area contributed by atoms with Crippen LogP contribution in [0.3, 0.4) is 0 Å². The third-order valence-corrected chi connectivity index (χ3v) is 3.99. The van der Waals surface area contributed by atoms with Crippen molar-refractivity contribution in [2.75, 3.05) is 19.3 Å². The molecular formula is C8H18N2OS. The molecule has 1 heterocycles. The maximum atomic E-state index is 11.3. The van der Waals surface area contributed by atoms with Crippen LogP contribution in [0.4, 0.5) is 0 Å². The lowest BCUT2D eigenvalue weighted by molar-refractivity contribution is 0.276. The molecule has 0 radical (unpaired) electrons. The molecule has 3 nitrogen and oxygen atoms in total. The highest BCUT2D eigenvalue weighted by Gasteiger charge is 2.21. The van der Waals surface area contributed by atoms with E-state index < -0.39 is 9.92 Å². The predicted molar refractivity (Wildman–Crippen MR) is 51.4 cm³/mol. The Bertz CT molecular complexity index is 227. The van der Waals surface area contributed by atoms with E-state index >= 15 is 0 Å². The van der Waals surface area contributed by atoms with Gasteiger partial charge in [0.1, 0.15) is 9.92 Å². The summed E-state index contributed by atoms with van der Waals surface area (Å²) >= 11 is 0. The molecule has 1 saturated heterocycles. The minimum Gasteiger partial charge on any atom is -0.240 e. The largest absolute Gasteiger partial charge is 0.240 e. The summed E-state index contributed by atoms with van der Waals surface area (Å²) in [4.78, 5) is 0. The van der Waals surface area contributed by atoms with Crippen molar-refractivity contribution in [2.24, 2.45) is 5.92 Å². The molecule has 0 bridgehead atoms. The minimum atomic E-state index is -2.42.